The summed E-state index contributed by atoms with van der Waals surface area (Å²) in [7, 11) is 0.216. The Morgan fingerprint density at radius 3 is 2.80 bits per heavy atom. The first kappa shape index (κ1) is 23.3. The second-order valence-corrected chi connectivity index (χ2v) is 10.6. The van der Waals surface area contributed by atoms with Gasteiger partial charge >= 0.3 is 6.09 Å². The summed E-state index contributed by atoms with van der Waals surface area (Å²) in [5.41, 5.74) is 3.38. The highest BCUT2D eigenvalue weighted by atomic mass is 32.2. The van der Waals surface area contributed by atoms with Gasteiger partial charge in [0.05, 0.1) is 34.8 Å². The molecule has 2 N–H and O–H groups in total. The number of hydrogen-bond donors (Lipinski definition) is 2. The number of carbonyl (C=O) groups is 1. The van der Waals surface area contributed by atoms with E-state index in [1.807, 2.05) is 12.1 Å². The number of aromatic nitrogens is 3. The lowest BCUT2D eigenvalue weighted by atomic mass is 9.76. The Kier molecular flexibility index (Phi) is 6.43. The van der Waals surface area contributed by atoms with Gasteiger partial charge in [-0.25, -0.2) is 9.78 Å². The van der Waals surface area contributed by atoms with Crippen LogP contribution in [0.4, 0.5) is 16.6 Å². The molecule has 2 aromatic rings. The summed E-state index contributed by atoms with van der Waals surface area (Å²) >= 11 is 0. The van der Waals surface area contributed by atoms with E-state index in [9.17, 15) is 9.00 Å². The molecule has 0 saturated heterocycles. The third-order valence-corrected chi connectivity index (χ3v) is 8.34. The SMILES string of the molecule is C#Cc1ccc(C2=CCN(c3nc4c(c(NC5(CNC(=O)OC)CCC5)n3)[S@](=O)CC4)CC2)nc1. The van der Waals surface area contributed by atoms with Gasteiger partial charge in [-0.2, -0.15) is 4.98 Å². The molecule has 9 nitrogen and oxygen atoms in total. The number of aryl methyl sites for hydroxylation is 1. The molecular weight excluding hydrogens is 464 g/mol. The van der Waals surface area contributed by atoms with Crippen molar-refractivity contribution in [2.24, 2.45) is 0 Å². The van der Waals surface area contributed by atoms with Gasteiger partial charge in [-0.1, -0.05) is 12.0 Å². The highest BCUT2D eigenvalue weighted by Crippen LogP contribution is 2.38. The molecule has 1 atom stereocenters. The van der Waals surface area contributed by atoms with Gasteiger partial charge in [0.25, 0.3) is 0 Å². The molecule has 182 valence electrons. The molecule has 1 amide bonds. The molecule has 0 unspecified atom stereocenters. The Labute approximate surface area is 207 Å². The number of fused-ring (bicyclic) bond motifs is 1. The summed E-state index contributed by atoms with van der Waals surface area (Å²) in [6, 6.07) is 3.86. The minimum absolute atomic E-state index is 0.328. The van der Waals surface area contributed by atoms with E-state index in [1.54, 1.807) is 6.20 Å². The summed E-state index contributed by atoms with van der Waals surface area (Å²) < 4.78 is 17.5. The van der Waals surface area contributed by atoms with Crippen molar-refractivity contribution in [2.45, 2.75) is 42.5 Å². The van der Waals surface area contributed by atoms with Crippen molar-refractivity contribution in [2.75, 3.05) is 42.7 Å². The molecule has 2 aliphatic heterocycles. The second kappa shape index (κ2) is 9.66. The van der Waals surface area contributed by atoms with E-state index in [1.165, 1.54) is 12.7 Å². The number of nitrogens with zero attached hydrogens (tertiary/aromatic N) is 4. The predicted octanol–water partition coefficient (Wildman–Crippen LogP) is 2.50. The van der Waals surface area contributed by atoms with E-state index in [2.05, 4.69) is 32.5 Å². The van der Waals surface area contributed by atoms with Crippen LogP contribution < -0.4 is 15.5 Å². The van der Waals surface area contributed by atoms with Crippen LogP contribution in [0.1, 0.15) is 42.6 Å². The number of ether oxygens (including phenoxy) is 1. The highest BCUT2D eigenvalue weighted by molar-refractivity contribution is 7.85. The number of terminal acetylenes is 1. The Bertz CT molecular complexity index is 1230. The smallest absolute Gasteiger partial charge is 0.406 e. The van der Waals surface area contributed by atoms with Crippen LogP contribution in [0.25, 0.3) is 5.57 Å². The van der Waals surface area contributed by atoms with E-state index in [4.69, 9.17) is 21.1 Å². The molecule has 2 aromatic heterocycles. The van der Waals surface area contributed by atoms with Crippen molar-refractivity contribution in [3.05, 3.63) is 41.4 Å². The van der Waals surface area contributed by atoms with E-state index in [0.29, 0.717) is 41.9 Å². The van der Waals surface area contributed by atoms with Gasteiger partial charge < -0.3 is 20.3 Å². The number of anilines is 2. The average molecular weight is 493 g/mol. The van der Waals surface area contributed by atoms with Gasteiger partial charge in [0.2, 0.25) is 5.95 Å². The van der Waals surface area contributed by atoms with Crippen molar-refractivity contribution in [3.63, 3.8) is 0 Å². The normalized spacial score (nSPS) is 20.2. The van der Waals surface area contributed by atoms with Crippen LogP contribution in [0.3, 0.4) is 0 Å². The van der Waals surface area contributed by atoms with Crippen LogP contribution in [0, 0.1) is 12.3 Å². The van der Waals surface area contributed by atoms with Crippen LogP contribution in [0.15, 0.2) is 29.3 Å². The van der Waals surface area contributed by atoms with Crippen LogP contribution in [0.5, 0.6) is 0 Å². The number of amides is 1. The Balaban J connectivity index is 1.38. The average Bonchev–Trinajstić information content (AvgIpc) is 3.26. The fourth-order valence-corrected chi connectivity index (χ4v) is 5.98. The lowest BCUT2D eigenvalue weighted by molar-refractivity contribution is 0.163. The van der Waals surface area contributed by atoms with Crippen molar-refractivity contribution < 1.29 is 13.7 Å². The van der Waals surface area contributed by atoms with Gasteiger partial charge in [-0.05, 0) is 43.4 Å². The fraction of sp³-hybridized carbons (Fsp3) is 0.440. The zero-order chi connectivity index (χ0) is 24.4. The topological polar surface area (TPSA) is 109 Å². The van der Waals surface area contributed by atoms with E-state index < -0.39 is 16.9 Å². The molecule has 1 saturated carbocycles. The summed E-state index contributed by atoms with van der Waals surface area (Å²) in [6.45, 7) is 1.83. The Morgan fingerprint density at radius 2 is 2.17 bits per heavy atom. The first-order chi connectivity index (χ1) is 17.0. The number of hydrogen-bond acceptors (Lipinski definition) is 8. The fourth-order valence-electron chi connectivity index (χ4n) is 4.68. The minimum atomic E-state index is -1.14. The zero-order valence-corrected chi connectivity index (χ0v) is 20.5. The molecule has 0 bridgehead atoms. The second-order valence-electron chi connectivity index (χ2n) is 9.05. The summed E-state index contributed by atoms with van der Waals surface area (Å²) in [6.07, 6.45) is 13.1. The summed E-state index contributed by atoms with van der Waals surface area (Å²) in [5, 5.41) is 6.35. The Hall–Kier alpha value is -3.45. The summed E-state index contributed by atoms with van der Waals surface area (Å²) in [5.74, 6) is 4.40. The van der Waals surface area contributed by atoms with Gasteiger partial charge in [-0.15, -0.1) is 6.42 Å². The third-order valence-electron chi connectivity index (χ3n) is 6.88. The highest BCUT2D eigenvalue weighted by Gasteiger charge is 2.40. The standard InChI is InChI=1S/C25H28N6O3S/c1-3-17-5-6-19(26-15-17)18-7-12-31(13-8-18)23-28-20-9-14-35(33)21(20)22(29-23)30-25(10-4-11-25)16-27-24(32)34-2/h1,5-7,15H,4,8-14,16H2,2H3,(H,27,32)(H,28,29,30)/t35-/m1/s1. The van der Waals surface area contributed by atoms with Crippen LogP contribution in [0.2, 0.25) is 0 Å². The predicted molar refractivity (Wildman–Crippen MR) is 135 cm³/mol. The number of carbonyl (C=O) groups excluding carboxylic acids is 1. The quantitative estimate of drug-likeness (QED) is 0.592. The molecule has 0 aromatic carbocycles. The lowest BCUT2D eigenvalue weighted by Crippen LogP contribution is -2.54. The van der Waals surface area contributed by atoms with Gasteiger partial charge in [0, 0.05) is 43.6 Å². The number of methoxy groups -OCH3 is 1. The van der Waals surface area contributed by atoms with E-state index in [-0.39, 0.29) is 5.54 Å². The van der Waals surface area contributed by atoms with Gasteiger partial charge in [0.1, 0.15) is 10.7 Å². The monoisotopic (exact) mass is 492 g/mol. The third kappa shape index (κ3) is 4.73. The van der Waals surface area contributed by atoms with E-state index >= 15 is 0 Å². The van der Waals surface area contributed by atoms with Crippen molar-refractivity contribution >= 4 is 34.2 Å². The largest absolute Gasteiger partial charge is 0.453 e. The Morgan fingerprint density at radius 1 is 1.31 bits per heavy atom. The van der Waals surface area contributed by atoms with Crippen LogP contribution >= 0.6 is 0 Å². The molecule has 0 spiro atoms. The first-order valence-electron chi connectivity index (χ1n) is 11.8. The molecule has 1 aliphatic carbocycles. The molecule has 4 heterocycles. The van der Waals surface area contributed by atoms with Crippen LogP contribution in [-0.4, -0.2) is 63.3 Å². The molecule has 35 heavy (non-hydrogen) atoms. The zero-order valence-electron chi connectivity index (χ0n) is 19.7. The first-order valence-corrected chi connectivity index (χ1v) is 13.1. The van der Waals surface area contributed by atoms with Crippen molar-refractivity contribution in [3.8, 4) is 12.3 Å². The molecule has 5 rings (SSSR count). The van der Waals surface area contributed by atoms with Gasteiger partial charge in [-0.3, -0.25) is 9.19 Å². The molecule has 10 heteroatoms. The lowest BCUT2D eigenvalue weighted by Gasteiger charge is -2.43. The van der Waals surface area contributed by atoms with E-state index in [0.717, 1.165) is 49.2 Å². The maximum atomic E-state index is 12.8. The van der Waals surface area contributed by atoms with Crippen molar-refractivity contribution in [1.29, 1.82) is 0 Å². The maximum absolute atomic E-state index is 12.8. The van der Waals surface area contributed by atoms with Gasteiger partial charge in [0.15, 0.2) is 0 Å². The summed E-state index contributed by atoms with van der Waals surface area (Å²) in [4.78, 5) is 28.6. The molecular formula is C25H28N6O3S. The minimum Gasteiger partial charge on any atom is -0.453 e. The van der Waals surface area contributed by atoms with Crippen LogP contribution in [-0.2, 0) is 22.0 Å². The van der Waals surface area contributed by atoms with Crippen molar-refractivity contribution in [1.82, 2.24) is 20.3 Å². The molecule has 0 radical (unpaired) electrons. The molecule has 1 fully saturated rings. The number of rotatable bonds is 6. The maximum Gasteiger partial charge on any atom is 0.406 e. The number of pyridine rings is 1. The number of alkyl carbamates (subject to hydrolysis) is 1. The molecule has 3 aliphatic rings. The number of nitrogens with one attached hydrogen (secondary N) is 2.